The molecule has 28 heavy (non-hydrogen) atoms. The second-order valence-electron chi connectivity index (χ2n) is 6.59. The molecule has 2 rings (SSSR count). The lowest BCUT2D eigenvalue weighted by molar-refractivity contribution is -0.147. The standard InChI is InChI=1S/C21H26N4O3/c1-16-19(17(2)25(23-16)13-7-12-22)10-11-20(26)24(15-21(27)28-3)14-18-8-5-4-6-9-18/h4-6,8-9H,7,10-11,13-15H2,1-3H3. The molecule has 148 valence electrons. The van der Waals surface area contributed by atoms with Crippen LogP contribution in [0, 0.1) is 25.2 Å². The zero-order chi connectivity index (χ0) is 20.5. The Morgan fingerprint density at radius 2 is 1.96 bits per heavy atom. The molecule has 0 fully saturated rings. The lowest BCUT2D eigenvalue weighted by Crippen LogP contribution is -2.35. The second-order valence-corrected chi connectivity index (χ2v) is 6.59. The van der Waals surface area contributed by atoms with Crippen molar-refractivity contribution >= 4 is 11.9 Å². The molecular weight excluding hydrogens is 356 g/mol. The highest BCUT2D eigenvalue weighted by Crippen LogP contribution is 2.17. The molecule has 2 aromatic rings. The fourth-order valence-electron chi connectivity index (χ4n) is 3.12. The van der Waals surface area contributed by atoms with Gasteiger partial charge in [0.2, 0.25) is 5.91 Å². The zero-order valence-electron chi connectivity index (χ0n) is 16.6. The van der Waals surface area contributed by atoms with Crippen LogP contribution in [0.2, 0.25) is 0 Å². The first-order valence-corrected chi connectivity index (χ1v) is 9.24. The van der Waals surface area contributed by atoms with Crippen LogP contribution in [0.25, 0.3) is 0 Å². The summed E-state index contributed by atoms with van der Waals surface area (Å²) >= 11 is 0. The van der Waals surface area contributed by atoms with Gasteiger partial charge in [-0.3, -0.25) is 14.3 Å². The summed E-state index contributed by atoms with van der Waals surface area (Å²) in [5.74, 6) is -0.557. The molecule has 0 atom stereocenters. The normalized spacial score (nSPS) is 10.4. The number of methoxy groups -OCH3 is 1. The average molecular weight is 382 g/mol. The number of amides is 1. The van der Waals surface area contributed by atoms with E-state index in [0.29, 0.717) is 25.9 Å². The Morgan fingerprint density at radius 3 is 2.61 bits per heavy atom. The number of esters is 1. The van der Waals surface area contributed by atoms with Crippen molar-refractivity contribution in [1.29, 1.82) is 5.26 Å². The van der Waals surface area contributed by atoms with Crippen LogP contribution in [-0.4, -0.2) is 40.2 Å². The van der Waals surface area contributed by atoms with Crippen molar-refractivity contribution in [2.24, 2.45) is 0 Å². The molecule has 0 saturated carbocycles. The highest BCUT2D eigenvalue weighted by Gasteiger charge is 2.20. The van der Waals surface area contributed by atoms with Crippen molar-refractivity contribution < 1.29 is 14.3 Å². The van der Waals surface area contributed by atoms with Crippen molar-refractivity contribution in [2.75, 3.05) is 13.7 Å². The van der Waals surface area contributed by atoms with Gasteiger partial charge in [-0.25, -0.2) is 0 Å². The summed E-state index contributed by atoms with van der Waals surface area (Å²) in [5.41, 5.74) is 3.81. The number of rotatable bonds is 9. The quantitative estimate of drug-likeness (QED) is 0.622. The molecule has 7 heteroatoms. The van der Waals surface area contributed by atoms with Gasteiger partial charge in [-0.05, 0) is 31.4 Å². The maximum Gasteiger partial charge on any atom is 0.325 e. The number of aromatic nitrogens is 2. The number of nitriles is 1. The molecule has 0 radical (unpaired) electrons. The van der Waals surface area contributed by atoms with E-state index in [9.17, 15) is 9.59 Å². The molecule has 0 bridgehead atoms. The molecule has 0 N–H and O–H groups in total. The third kappa shape index (κ3) is 5.68. The summed E-state index contributed by atoms with van der Waals surface area (Å²) in [6.07, 6.45) is 1.20. The van der Waals surface area contributed by atoms with Gasteiger partial charge in [-0.2, -0.15) is 10.4 Å². The predicted octanol–water partition coefficient (Wildman–Crippen LogP) is 2.55. The summed E-state index contributed by atoms with van der Waals surface area (Å²) in [7, 11) is 1.32. The lowest BCUT2D eigenvalue weighted by atomic mass is 10.1. The zero-order valence-corrected chi connectivity index (χ0v) is 16.6. The molecule has 1 aromatic heterocycles. The van der Waals surface area contributed by atoms with Gasteiger partial charge in [0, 0.05) is 18.7 Å². The minimum Gasteiger partial charge on any atom is -0.468 e. The van der Waals surface area contributed by atoms with Crippen molar-refractivity contribution in [3.63, 3.8) is 0 Å². The van der Waals surface area contributed by atoms with Crippen molar-refractivity contribution in [3.8, 4) is 6.07 Å². The fraction of sp³-hybridized carbons (Fsp3) is 0.429. The second kappa shape index (κ2) is 10.3. The Bertz CT molecular complexity index is 853. The van der Waals surface area contributed by atoms with Crippen molar-refractivity contribution in [1.82, 2.24) is 14.7 Å². The monoisotopic (exact) mass is 382 g/mol. The number of ether oxygens (including phenoxy) is 1. The minimum absolute atomic E-state index is 0.0797. The number of nitrogens with zero attached hydrogens (tertiary/aromatic N) is 4. The highest BCUT2D eigenvalue weighted by atomic mass is 16.5. The van der Waals surface area contributed by atoms with Gasteiger partial charge in [0.25, 0.3) is 0 Å². The molecule has 1 aromatic carbocycles. The molecule has 0 spiro atoms. The van der Waals surface area contributed by atoms with E-state index in [1.54, 1.807) is 0 Å². The Labute approximate surface area is 165 Å². The largest absolute Gasteiger partial charge is 0.468 e. The maximum atomic E-state index is 12.8. The molecule has 7 nitrogen and oxygen atoms in total. The molecule has 1 heterocycles. The maximum absolute atomic E-state index is 12.8. The van der Waals surface area contributed by atoms with Crippen LogP contribution < -0.4 is 0 Å². The smallest absolute Gasteiger partial charge is 0.325 e. The van der Waals surface area contributed by atoms with Crippen molar-refractivity contribution in [3.05, 3.63) is 52.8 Å². The number of carbonyl (C=O) groups excluding carboxylic acids is 2. The van der Waals surface area contributed by atoms with Gasteiger partial charge in [0.05, 0.1) is 31.8 Å². The van der Waals surface area contributed by atoms with Gasteiger partial charge in [-0.1, -0.05) is 30.3 Å². The first-order valence-electron chi connectivity index (χ1n) is 9.24. The summed E-state index contributed by atoms with van der Waals surface area (Å²) in [4.78, 5) is 26.1. The number of hydrogen-bond donors (Lipinski definition) is 0. The van der Waals surface area contributed by atoms with Crippen LogP contribution in [0.5, 0.6) is 0 Å². The molecule has 1 amide bonds. The average Bonchev–Trinajstić information content (AvgIpc) is 2.97. The first kappa shape index (κ1) is 21.2. The van der Waals surface area contributed by atoms with Gasteiger partial charge in [0.15, 0.2) is 0 Å². The molecule has 0 unspecified atom stereocenters. The lowest BCUT2D eigenvalue weighted by Gasteiger charge is -2.21. The Hall–Kier alpha value is -3.14. The summed E-state index contributed by atoms with van der Waals surface area (Å²) in [6, 6.07) is 11.7. The summed E-state index contributed by atoms with van der Waals surface area (Å²) in [6.45, 7) is 4.68. The Kier molecular flexibility index (Phi) is 7.76. The number of benzene rings is 1. The molecule has 0 aliphatic rings. The van der Waals surface area contributed by atoms with Gasteiger partial charge < -0.3 is 9.64 Å². The molecule has 0 aliphatic heterocycles. The van der Waals surface area contributed by atoms with E-state index < -0.39 is 5.97 Å². The van der Waals surface area contributed by atoms with Crippen LogP contribution >= 0.6 is 0 Å². The summed E-state index contributed by atoms with van der Waals surface area (Å²) in [5, 5.41) is 13.2. The van der Waals surface area contributed by atoms with E-state index in [1.165, 1.54) is 12.0 Å². The highest BCUT2D eigenvalue weighted by molar-refractivity contribution is 5.82. The van der Waals surface area contributed by atoms with Crippen LogP contribution in [0.3, 0.4) is 0 Å². The molecular formula is C21H26N4O3. The van der Waals surface area contributed by atoms with Gasteiger partial charge >= 0.3 is 5.97 Å². The number of carbonyl (C=O) groups is 2. The first-order chi connectivity index (χ1) is 13.5. The molecule has 0 aliphatic carbocycles. The Balaban J connectivity index is 2.07. The van der Waals surface area contributed by atoms with E-state index in [2.05, 4.69) is 11.2 Å². The third-order valence-corrected chi connectivity index (χ3v) is 4.67. The summed E-state index contributed by atoms with van der Waals surface area (Å²) < 4.78 is 6.55. The fourth-order valence-corrected chi connectivity index (χ4v) is 3.12. The van der Waals surface area contributed by atoms with Gasteiger partial charge in [0.1, 0.15) is 6.54 Å². The van der Waals surface area contributed by atoms with Gasteiger partial charge in [-0.15, -0.1) is 0 Å². The molecule has 0 saturated heterocycles. The number of aryl methyl sites for hydroxylation is 2. The van der Waals surface area contributed by atoms with E-state index >= 15 is 0 Å². The predicted molar refractivity (Wildman–Crippen MR) is 104 cm³/mol. The third-order valence-electron chi connectivity index (χ3n) is 4.67. The number of hydrogen-bond acceptors (Lipinski definition) is 5. The van der Waals surface area contributed by atoms with E-state index in [-0.39, 0.29) is 18.9 Å². The van der Waals surface area contributed by atoms with Crippen molar-refractivity contribution in [2.45, 2.75) is 46.2 Å². The topological polar surface area (TPSA) is 88.2 Å². The van der Waals surface area contributed by atoms with Crippen LogP contribution in [0.15, 0.2) is 30.3 Å². The SMILES string of the molecule is COC(=O)CN(Cc1ccccc1)C(=O)CCc1c(C)nn(CCC#N)c1C. The minimum atomic E-state index is -0.444. The Morgan fingerprint density at radius 1 is 1.25 bits per heavy atom. The van der Waals surface area contributed by atoms with Crippen LogP contribution in [0.4, 0.5) is 0 Å². The van der Waals surface area contributed by atoms with E-state index in [4.69, 9.17) is 10.00 Å². The van der Waals surface area contributed by atoms with E-state index in [0.717, 1.165) is 22.5 Å². The van der Waals surface area contributed by atoms with E-state index in [1.807, 2.05) is 48.9 Å². The van der Waals surface area contributed by atoms with Crippen LogP contribution in [-0.2, 0) is 33.8 Å². The van der Waals surface area contributed by atoms with Crippen LogP contribution in [0.1, 0.15) is 35.4 Å².